The number of nitrogens with zero attached hydrogens (tertiary/aromatic N) is 1. The molecule has 19 heavy (non-hydrogen) atoms. The van der Waals surface area contributed by atoms with Gasteiger partial charge in [-0.1, -0.05) is 33.6 Å². The number of carbonyl (C=O) groups excluding carboxylic acids is 1. The quantitative estimate of drug-likeness (QED) is 0.823. The maximum Gasteiger partial charge on any atom is 0.250 e. The van der Waals surface area contributed by atoms with Crippen LogP contribution in [0.2, 0.25) is 0 Å². The van der Waals surface area contributed by atoms with E-state index in [4.69, 9.17) is 0 Å². The van der Waals surface area contributed by atoms with Gasteiger partial charge < -0.3 is 9.88 Å². The van der Waals surface area contributed by atoms with Crippen LogP contribution in [0.1, 0.15) is 46.5 Å². The van der Waals surface area contributed by atoms with Crippen molar-refractivity contribution < 1.29 is 4.79 Å². The van der Waals surface area contributed by atoms with Gasteiger partial charge in [-0.2, -0.15) is 0 Å². The molecule has 0 bridgehead atoms. The lowest BCUT2D eigenvalue weighted by Crippen LogP contribution is -2.23. The summed E-state index contributed by atoms with van der Waals surface area (Å²) < 4.78 is 1.63. The number of aromatic nitrogens is 1. The molecule has 1 rings (SSSR count). The van der Waals surface area contributed by atoms with E-state index in [1.807, 2.05) is 13.8 Å². The van der Waals surface area contributed by atoms with Crippen molar-refractivity contribution in [3.63, 3.8) is 0 Å². The maximum absolute atomic E-state index is 12.0. The average Bonchev–Trinajstić information content (AvgIpc) is 2.40. The van der Waals surface area contributed by atoms with E-state index in [1.165, 1.54) is 6.07 Å². The van der Waals surface area contributed by atoms with Gasteiger partial charge in [0.1, 0.15) is 0 Å². The lowest BCUT2D eigenvalue weighted by molar-refractivity contribution is -0.119. The van der Waals surface area contributed by atoms with Gasteiger partial charge in [-0.15, -0.1) is 0 Å². The molecule has 4 heteroatoms. The fourth-order valence-corrected chi connectivity index (χ4v) is 1.93. The summed E-state index contributed by atoms with van der Waals surface area (Å²) in [5, 5.41) is 2.88. The lowest BCUT2D eigenvalue weighted by atomic mass is 10.0. The number of hydrogen-bond donors (Lipinski definition) is 1. The Kier molecular flexibility index (Phi) is 6.33. The van der Waals surface area contributed by atoms with Crippen molar-refractivity contribution in [1.82, 2.24) is 4.57 Å². The standard InChI is InChI=1S/C15H24N2O2/c1-4-6-7-12(3)15(19)16-13-8-9-14(18)17(11-13)10-5-2/h8-9,11-12H,4-7,10H2,1-3H3,(H,16,19)/t12-/m1/s1. The van der Waals surface area contributed by atoms with Gasteiger partial charge in [-0.05, 0) is 18.9 Å². The first kappa shape index (κ1) is 15.5. The molecule has 0 saturated heterocycles. The second kappa shape index (κ2) is 7.77. The Balaban J connectivity index is 2.68. The highest BCUT2D eigenvalue weighted by Gasteiger charge is 2.12. The fourth-order valence-electron chi connectivity index (χ4n) is 1.93. The Morgan fingerprint density at radius 3 is 2.68 bits per heavy atom. The predicted octanol–water partition coefficient (Wildman–Crippen LogP) is 3.02. The van der Waals surface area contributed by atoms with Crippen LogP contribution in [0.4, 0.5) is 5.69 Å². The van der Waals surface area contributed by atoms with Crippen LogP contribution in [0, 0.1) is 5.92 Å². The summed E-state index contributed by atoms with van der Waals surface area (Å²) in [4.78, 5) is 23.5. The molecule has 1 N–H and O–H groups in total. The zero-order valence-electron chi connectivity index (χ0n) is 12.1. The Morgan fingerprint density at radius 2 is 2.05 bits per heavy atom. The lowest BCUT2D eigenvalue weighted by Gasteiger charge is -2.13. The van der Waals surface area contributed by atoms with Crippen LogP contribution in [0.5, 0.6) is 0 Å². The molecule has 1 aromatic rings. The Labute approximate surface area is 114 Å². The van der Waals surface area contributed by atoms with Crippen LogP contribution in [-0.2, 0) is 11.3 Å². The van der Waals surface area contributed by atoms with E-state index in [0.29, 0.717) is 12.2 Å². The van der Waals surface area contributed by atoms with Crippen molar-refractivity contribution in [3.05, 3.63) is 28.7 Å². The number of carbonyl (C=O) groups is 1. The third-order valence-electron chi connectivity index (χ3n) is 3.15. The molecule has 0 aliphatic carbocycles. The van der Waals surface area contributed by atoms with Crippen molar-refractivity contribution in [2.24, 2.45) is 5.92 Å². The highest BCUT2D eigenvalue weighted by molar-refractivity contribution is 5.92. The molecule has 0 radical (unpaired) electrons. The zero-order valence-corrected chi connectivity index (χ0v) is 12.1. The third-order valence-corrected chi connectivity index (χ3v) is 3.15. The number of anilines is 1. The molecule has 0 unspecified atom stereocenters. The second-order valence-corrected chi connectivity index (χ2v) is 4.98. The number of unbranched alkanes of at least 4 members (excludes halogenated alkanes) is 1. The van der Waals surface area contributed by atoms with Gasteiger partial charge in [0.05, 0.1) is 5.69 Å². The summed E-state index contributed by atoms with van der Waals surface area (Å²) in [7, 11) is 0. The Morgan fingerprint density at radius 1 is 1.32 bits per heavy atom. The minimum Gasteiger partial charge on any atom is -0.325 e. The zero-order chi connectivity index (χ0) is 14.3. The molecular weight excluding hydrogens is 240 g/mol. The topological polar surface area (TPSA) is 51.1 Å². The van der Waals surface area contributed by atoms with Crippen molar-refractivity contribution in [2.45, 2.75) is 53.0 Å². The summed E-state index contributed by atoms with van der Waals surface area (Å²) in [5.41, 5.74) is 0.667. The summed E-state index contributed by atoms with van der Waals surface area (Å²) in [6.07, 6.45) is 5.67. The van der Waals surface area contributed by atoms with Crippen LogP contribution in [0.3, 0.4) is 0 Å². The Hall–Kier alpha value is -1.58. The van der Waals surface area contributed by atoms with Gasteiger partial charge >= 0.3 is 0 Å². The Bertz CT molecular complexity index is 465. The normalized spacial score (nSPS) is 12.2. The molecule has 0 aliphatic heterocycles. The van der Waals surface area contributed by atoms with Crippen LogP contribution >= 0.6 is 0 Å². The summed E-state index contributed by atoms with van der Waals surface area (Å²) >= 11 is 0. The molecule has 0 saturated carbocycles. The highest BCUT2D eigenvalue weighted by Crippen LogP contribution is 2.11. The predicted molar refractivity (Wildman–Crippen MR) is 78.3 cm³/mol. The molecule has 0 spiro atoms. The van der Waals surface area contributed by atoms with Crippen molar-refractivity contribution in [1.29, 1.82) is 0 Å². The minimum atomic E-state index is -0.0288. The van der Waals surface area contributed by atoms with E-state index in [9.17, 15) is 9.59 Å². The van der Waals surface area contributed by atoms with Crippen molar-refractivity contribution >= 4 is 11.6 Å². The maximum atomic E-state index is 12.0. The molecule has 0 aliphatic rings. The van der Waals surface area contributed by atoms with Crippen LogP contribution in [0.15, 0.2) is 23.1 Å². The van der Waals surface area contributed by atoms with Crippen LogP contribution in [0.25, 0.3) is 0 Å². The van der Waals surface area contributed by atoms with E-state index in [0.717, 1.165) is 25.7 Å². The van der Waals surface area contributed by atoms with E-state index in [-0.39, 0.29) is 17.4 Å². The van der Waals surface area contributed by atoms with Gasteiger partial charge in [0.2, 0.25) is 5.91 Å². The third kappa shape index (κ3) is 4.89. The summed E-state index contributed by atoms with van der Waals surface area (Å²) in [5.74, 6) is 0.0293. The first-order valence-corrected chi connectivity index (χ1v) is 7.09. The van der Waals surface area contributed by atoms with Crippen molar-refractivity contribution in [2.75, 3.05) is 5.32 Å². The summed E-state index contributed by atoms with van der Waals surface area (Å²) in [6, 6.07) is 3.17. The fraction of sp³-hybridized carbons (Fsp3) is 0.600. The molecule has 1 atom stereocenters. The van der Waals surface area contributed by atoms with E-state index in [2.05, 4.69) is 12.2 Å². The highest BCUT2D eigenvalue weighted by atomic mass is 16.2. The molecule has 1 heterocycles. The van der Waals surface area contributed by atoms with Gasteiger partial charge in [-0.3, -0.25) is 9.59 Å². The monoisotopic (exact) mass is 264 g/mol. The van der Waals surface area contributed by atoms with E-state index in [1.54, 1.807) is 16.8 Å². The number of nitrogens with one attached hydrogen (secondary N) is 1. The smallest absolute Gasteiger partial charge is 0.250 e. The number of aryl methyl sites for hydroxylation is 1. The van der Waals surface area contributed by atoms with E-state index < -0.39 is 0 Å². The second-order valence-electron chi connectivity index (χ2n) is 4.98. The molecule has 1 amide bonds. The SMILES string of the molecule is CCCC[C@@H](C)C(=O)Nc1ccc(=O)n(CCC)c1. The van der Waals surface area contributed by atoms with Gasteiger partial charge in [0.15, 0.2) is 0 Å². The molecule has 4 nitrogen and oxygen atoms in total. The van der Waals surface area contributed by atoms with Gasteiger partial charge in [0, 0.05) is 24.7 Å². The minimum absolute atomic E-state index is 0.00602. The molecular formula is C15H24N2O2. The van der Waals surface area contributed by atoms with Gasteiger partial charge in [-0.25, -0.2) is 0 Å². The van der Waals surface area contributed by atoms with E-state index >= 15 is 0 Å². The van der Waals surface area contributed by atoms with Crippen molar-refractivity contribution in [3.8, 4) is 0 Å². The molecule has 1 aromatic heterocycles. The number of pyridine rings is 1. The first-order valence-electron chi connectivity index (χ1n) is 7.09. The van der Waals surface area contributed by atoms with Crippen LogP contribution in [-0.4, -0.2) is 10.5 Å². The largest absolute Gasteiger partial charge is 0.325 e. The van der Waals surface area contributed by atoms with Gasteiger partial charge in [0.25, 0.3) is 5.56 Å². The average molecular weight is 264 g/mol. The summed E-state index contributed by atoms with van der Waals surface area (Å²) in [6.45, 7) is 6.75. The number of amides is 1. The first-order chi connectivity index (χ1) is 9.08. The molecule has 0 fully saturated rings. The van der Waals surface area contributed by atoms with Crippen LogP contribution < -0.4 is 10.9 Å². The molecule has 0 aromatic carbocycles. The molecule has 106 valence electrons. The number of hydrogen-bond acceptors (Lipinski definition) is 2. The number of rotatable bonds is 7.